The van der Waals surface area contributed by atoms with Crippen molar-refractivity contribution in [1.29, 1.82) is 0 Å². The first kappa shape index (κ1) is 19.1. The molecule has 1 amide bonds. The van der Waals surface area contributed by atoms with Crippen LogP contribution in [0.1, 0.15) is 22.1 Å². The summed E-state index contributed by atoms with van der Waals surface area (Å²) in [7, 11) is 3.20. The number of rotatable bonds is 4. The molecule has 0 unspecified atom stereocenters. The number of para-hydroxylation sites is 1. The number of carbonyl (C=O) groups excluding carboxylic acids is 1. The molecule has 158 valence electrons. The van der Waals surface area contributed by atoms with Crippen molar-refractivity contribution in [2.24, 2.45) is 0 Å². The summed E-state index contributed by atoms with van der Waals surface area (Å²) in [5.74, 6) is 2.37. The van der Waals surface area contributed by atoms with Gasteiger partial charge in [-0.15, -0.1) is 0 Å². The van der Waals surface area contributed by atoms with Crippen molar-refractivity contribution in [1.82, 2.24) is 0 Å². The van der Waals surface area contributed by atoms with Crippen molar-refractivity contribution in [2.45, 2.75) is 6.17 Å². The molecule has 7 nitrogen and oxygen atoms in total. The maximum absolute atomic E-state index is 13.6. The molecule has 2 aliphatic heterocycles. The molecule has 1 atom stereocenters. The first-order chi connectivity index (χ1) is 15.2. The van der Waals surface area contributed by atoms with Crippen LogP contribution in [0.15, 0.2) is 60.7 Å². The van der Waals surface area contributed by atoms with Gasteiger partial charge in [-0.25, -0.2) is 0 Å². The van der Waals surface area contributed by atoms with E-state index < -0.39 is 6.17 Å². The molecule has 0 aliphatic carbocycles. The highest BCUT2D eigenvalue weighted by Gasteiger charge is 2.35. The van der Waals surface area contributed by atoms with Crippen molar-refractivity contribution in [3.05, 3.63) is 71.8 Å². The lowest BCUT2D eigenvalue weighted by Gasteiger charge is -2.38. The number of hydrogen-bond donors (Lipinski definition) is 1. The summed E-state index contributed by atoms with van der Waals surface area (Å²) in [5, 5.41) is 3.50. The van der Waals surface area contributed by atoms with E-state index in [1.165, 1.54) is 0 Å². The Morgan fingerprint density at radius 2 is 1.74 bits per heavy atom. The Kier molecular flexibility index (Phi) is 4.78. The maximum atomic E-state index is 13.6. The van der Waals surface area contributed by atoms with Crippen LogP contribution in [0.4, 0.5) is 11.4 Å². The minimum atomic E-state index is -0.472. The Bertz CT molecular complexity index is 1110. The lowest BCUT2D eigenvalue weighted by atomic mass is 10.0. The van der Waals surface area contributed by atoms with Crippen LogP contribution in [-0.4, -0.2) is 33.3 Å². The molecule has 0 aromatic heterocycles. The molecule has 0 bridgehead atoms. The summed E-state index contributed by atoms with van der Waals surface area (Å²) in [4.78, 5) is 15.3. The van der Waals surface area contributed by atoms with Crippen molar-refractivity contribution in [2.75, 3.05) is 37.7 Å². The second-order valence-corrected chi connectivity index (χ2v) is 7.21. The van der Waals surface area contributed by atoms with Crippen LogP contribution in [0.5, 0.6) is 23.0 Å². The number of hydrogen-bond acceptors (Lipinski definition) is 6. The second kappa shape index (κ2) is 7.75. The van der Waals surface area contributed by atoms with Gasteiger partial charge in [-0.2, -0.15) is 0 Å². The Morgan fingerprint density at radius 3 is 2.52 bits per heavy atom. The molecule has 5 rings (SSSR count). The molecule has 0 spiro atoms. The summed E-state index contributed by atoms with van der Waals surface area (Å²) >= 11 is 0. The van der Waals surface area contributed by atoms with E-state index in [4.69, 9.17) is 18.9 Å². The molecule has 2 heterocycles. The molecule has 0 saturated heterocycles. The molecule has 0 radical (unpaired) electrons. The normalized spacial score (nSPS) is 16.9. The van der Waals surface area contributed by atoms with E-state index in [1.807, 2.05) is 60.7 Å². The van der Waals surface area contributed by atoms with E-state index in [2.05, 4.69) is 5.32 Å². The van der Waals surface area contributed by atoms with E-state index in [-0.39, 0.29) is 5.91 Å². The van der Waals surface area contributed by atoms with Crippen molar-refractivity contribution in [3.63, 3.8) is 0 Å². The fourth-order valence-electron chi connectivity index (χ4n) is 3.95. The SMILES string of the molecule is COc1ccc(N2C(=O)c3ccccc3N[C@@H]2c2cc(OC)c3c(c2)OCCO3)cc1. The third-order valence-corrected chi connectivity index (χ3v) is 5.44. The average molecular weight is 418 g/mol. The van der Waals surface area contributed by atoms with Gasteiger partial charge < -0.3 is 24.3 Å². The second-order valence-electron chi connectivity index (χ2n) is 7.21. The number of nitrogens with one attached hydrogen (secondary N) is 1. The average Bonchev–Trinajstić information content (AvgIpc) is 2.83. The molecule has 7 heteroatoms. The summed E-state index contributed by atoms with van der Waals surface area (Å²) < 4.78 is 22.4. The van der Waals surface area contributed by atoms with Crippen LogP contribution in [-0.2, 0) is 0 Å². The number of fused-ring (bicyclic) bond motifs is 2. The molecule has 2 aliphatic rings. The fraction of sp³-hybridized carbons (Fsp3) is 0.208. The Labute approximate surface area is 180 Å². The van der Waals surface area contributed by atoms with Crippen molar-refractivity contribution < 1.29 is 23.7 Å². The largest absolute Gasteiger partial charge is 0.497 e. The number of ether oxygens (including phenoxy) is 4. The third-order valence-electron chi connectivity index (χ3n) is 5.44. The number of amides is 1. The van der Waals surface area contributed by atoms with Gasteiger partial charge in [0, 0.05) is 16.9 Å². The molecular weight excluding hydrogens is 396 g/mol. The van der Waals surface area contributed by atoms with E-state index in [1.54, 1.807) is 19.1 Å². The fourth-order valence-corrected chi connectivity index (χ4v) is 3.95. The first-order valence-corrected chi connectivity index (χ1v) is 10.0. The van der Waals surface area contributed by atoms with Gasteiger partial charge in [0.15, 0.2) is 11.5 Å². The molecule has 1 N–H and O–H groups in total. The highest BCUT2D eigenvalue weighted by Crippen LogP contribution is 2.44. The van der Waals surface area contributed by atoms with Gasteiger partial charge in [-0.3, -0.25) is 9.69 Å². The Morgan fingerprint density at radius 1 is 0.968 bits per heavy atom. The topological polar surface area (TPSA) is 69.3 Å². The zero-order valence-electron chi connectivity index (χ0n) is 17.3. The highest BCUT2D eigenvalue weighted by atomic mass is 16.6. The highest BCUT2D eigenvalue weighted by molar-refractivity contribution is 6.12. The van der Waals surface area contributed by atoms with Crippen LogP contribution >= 0.6 is 0 Å². The van der Waals surface area contributed by atoms with Crippen LogP contribution < -0.4 is 29.2 Å². The van der Waals surface area contributed by atoms with E-state index in [0.29, 0.717) is 36.0 Å². The van der Waals surface area contributed by atoms with Gasteiger partial charge in [0.05, 0.1) is 19.8 Å². The minimum absolute atomic E-state index is 0.0987. The predicted octanol–water partition coefficient (Wildman–Crippen LogP) is 4.25. The predicted molar refractivity (Wildman–Crippen MR) is 117 cm³/mol. The molecule has 0 saturated carbocycles. The minimum Gasteiger partial charge on any atom is -0.497 e. The smallest absolute Gasteiger partial charge is 0.262 e. The van der Waals surface area contributed by atoms with Gasteiger partial charge in [0.25, 0.3) is 5.91 Å². The van der Waals surface area contributed by atoms with E-state index in [0.717, 1.165) is 22.7 Å². The summed E-state index contributed by atoms with van der Waals surface area (Å²) in [6, 6.07) is 18.7. The molecule has 3 aromatic rings. The van der Waals surface area contributed by atoms with Gasteiger partial charge in [-0.05, 0) is 48.5 Å². The monoisotopic (exact) mass is 418 g/mol. The molecule has 3 aromatic carbocycles. The Balaban J connectivity index is 1.65. The Hall–Kier alpha value is -3.87. The molecule has 0 fully saturated rings. The standard InChI is InChI=1S/C24H22N2O5/c1-28-17-9-7-16(8-10-17)26-23(25-19-6-4-3-5-18(19)24(26)27)15-13-20(29-2)22-21(14-15)30-11-12-31-22/h3-10,13-14,23,25H,11-12H2,1-2H3/t23-/m0/s1. The quantitative estimate of drug-likeness (QED) is 0.683. The van der Waals surface area contributed by atoms with Crippen molar-refractivity contribution in [3.8, 4) is 23.0 Å². The number of benzene rings is 3. The van der Waals surface area contributed by atoms with Gasteiger partial charge in [-0.1, -0.05) is 12.1 Å². The van der Waals surface area contributed by atoms with Gasteiger partial charge >= 0.3 is 0 Å². The van der Waals surface area contributed by atoms with Crippen LogP contribution in [0.25, 0.3) is 0 Å². The number of nitrogens with zero attached hydrogens (tertiary/aromatic N) is 1. The van der Waals surface area contributed by atoms with Gasteiger partial charge in [0.1, 0.15) is 25.1 Å². The zero-order valence-corrected chi connectivity index (χ0v) is 17.3. The zero-order chi connectivity index (χ0) is 21.4. The lowest BCUT2D eigenvalue weighted by Crippen LogP contribution is -2.43. The van der Waals surface area contributed by atoms with Gasteiger partial charge in [0.2, 0.25) is 5.75 Å². The number of methoxy groups -OCH3 is 2. The lowest BCUT2D eigenvalue weighted by molar-refractivity contribution is 0.0974. The summed E-state index contributed by atoms with van der Waals surface area (Å²) in [5.41, 5.74) is 2.95. The van der Waals surface area contributed by atoms with Crippen LogP contribution in [0.2, 0.25) is 0 Å². The summed E-state index contributed by atoms with van der Waals surface area (Å²) in [6.07, 6.45) is -0.472. The van der Waals surface area contributed by atoms with Crippen molar-refractivity contribution >= 4 is 17.3 Å². The first-order valence-electron chi connectivity index (χ1n) is 10.0. The van der Waals surface area contributed by atoms with E-state index >= 15 is 0 Å². The molecule has 31 heavy (non-hydrogen) atoms. The van der Waals surface area contributed by atoms with E-state index in [9.17, 15) is 4.79 Å². The molecular formula is C24H22N2O5. The maximum Gasteiger partial charge on any atom is 0.262 e. The third kappa shape index (κ3) is 3.28. The number of anilines is 2. The van der Waals surface area contributed by atoms with Crippen LogP contribution in [0.3, 0.4) is 0 Å². The van der Waals surface area contributed by atoms with Crippen LogP contribution in [0, 0.1) is 0 Å². The number of carbonyl (C=O) groups is 1. The summed E-state index contributed by atoms with van der Waals surface area (Å²) in [6.45, 7) is 0.926.